The van der Waals surface area contributed by atoms with Crippen molar-refractivity contribution in [3.05, 3.63) is 85.8 Å². The van der Waals surface area contributed by atoms with Gasteiger partial charge in [0.05, 0.1) is 4.90 Å². The van der Waals surface area contributed by atoms with Crippen LogP contribution >= 0.6 is 43.5 Å². The van der Waals surface area contributed by atoms with E-state index in [0.29, 0.717) is 42.3 Å². The molecule has 1 aliphatic heterocycles. The van der Waals surface area contributed by atoms with Gasteiger partial charge in [-0.1, -0.05) is 51.8 Å². The van der Waals surface area contributed by atoms with E-state index in [9.17, 15) is 8.42 Å². The van der Waals surface area contributed by atoms with Gasteiger partial charge >= 0.3 is 0 Å². The summed E-state index contributed by atoms with van der Waals surface area (Å²) in [6.07, 6.45) is 0. The van der Waals surface area contributed by atoms with Crippen molar-refractivity contribution < 1.29 is 13.2 Å². The lowest BCUT2D eigenvalue weighted by atomic mass is 10.2. The summed E-state index contributed by atoms with van der Waals surface area (Å²) in [5.74, 6) is 0.746. The SMILES string of the molecule is Cc1cc(Br)c(S(=O)(=O)N2CCN(c3cccc(OCc4ccccc4Cl)c3)CC2)cc1Br. The third kappa shape index (κ3) is 5.57. The molecule has 33 heavy (non-hydrogen) atoms. The largest absolute Gasteiger partial charge is 0.489 e. The molecule has 5 nitrogen and oxygen atoms in total. The minimum atomic E-state index is -3.60. The first-order valence-electron chi connectivity index (χ1n) is 10.4. The van der Waals surface area contributed by atoms with E-state index in [4.69, 9.17) is 16.3 Å². The van der Waals surface area contributed by atoms with Gasteiger partial charge in [0.15, 0.2) is 0 Å². The minimum Gasteiger partial charge on any atom is -0.489 e. The summed E-state index contributed by atoms with van der Waals surface area (Å²) in [6.45, 7) is 4.32. The first-order chi connectivity index (χ1) is 15.8. The number of hydrogen-bond donors (Lipinski definition) is 0. The summed E-state index contributed by atoms with van der Waals surface area (Å²) in [5.41, 5.74) is 2.91. The fourth-order valence-electron chi connectivity index (χ4n) is 3.70. The van der Waals surface area contributed by atoms with E-state index in [1.165, 1.54) is 0 Å². The number of nitrogens with zero attached hydrogens (tertiary/aromatic N) is 2. The summed E-state index contributed by atoms with van der Waals surface area (Å²) in [4.78, 5) is 2.46. The molecule has 3 aromatic carbocycles. The Hall–Kier alpha value is -1.58. The van der Waals surface area contributed by atoms with Crippen LogP contribution in [-0.2, 0) is 16.6 Å². The van der Waals surface area contributed by atoms with Crippen molar-refractivity contribution in [3.8, 4) is 5.75 Å². The number of aryl methyl sites for hydroxylation is 1. The third-order valence-corrected chi connectivity index (χ3v) is 9.68. The lowest BCUT2D eigenvalue weighted by Crippen LogP contribution is -2.48. The molecular formula is C24H23Br2ClN2O3S. The number of benzene rings is 3. The van der Waals surface area contributed by atoms with Gasteiger partial charge in [0.25, 0.3) is 0 Å². The molecule has 0 radical (unpaired) electrons. The van der Waals surface area contributed by atoms with Gasteiger partial charge in [-0.25, -0.2) is 8.42 Å². The Morgan fingerprint density at radius 2 is 1.67 bits per heavy atom. The highest BCUT2D eigenvalue weighted by atomic mass is 79.9. The van der Waals surface area contributed by atoms with Crippen LogP contribution in [0.5, 0.6) is 5.75 Å². The molecule has 0 aromatic heterocycles. The van der Waals surface area contributed by atoms with E-state index in [0.717, 1.165) is 27.0 Å². The van der Waals surface area contributed by atoms with Crippen LogP contribution in [0.15, 0.2) is 74.5 Å². The van der Waals surface area contributed by atoms with Crippen molar-refractivity contribution in [1.82, 2.24) is 4.31 Å². The summed E-state index contributed by atoms with van der Waals surface area (Å²) in [6, 6.07) is 19.0. The van der Waals surface area contributed by atoms with E-state index >= 15 is 0 Å². The molecule has 174 valence electrons. The van der Waals surface area contributed by atoms with E-state index in [1.807, 2.05) is 61.5 Å². The van der Waals surface area contributed by atoms with Gasteiger partial charge in [0.2, 0.25) is 10.0 Å². The van der Waals surface area contributed by atoms with Crippen molar-refractivity contribution in [2.45, 2.75) is 18.4 Å². The first-order valence-corrected chi connectivity index (χ1v) is 13.8. The van der Waals surface area contributed by atoms with Crippen LogP contribution in [0.4, 0.5) is 5.69 Å². The standard InChI is InChI=1S/C24H23Br2ClN2O3S/c1-17-13-22(26)24(15-21(17)25)33(30,31)29-11-9-28(10-12-29)19-6-4-7-20(14-19)32-16-18-5-2-3-8-23(18)27/h2-8,13-15H,9-12,16H2,1H3. The second-order valence-corrected chi connectivity index (χ2v) is 11.8. The maximum atomic E-state index is 13.2. The molecule has 0 atom stereocenters. The Morgan fingerprint density at radius 3 is 2.39 bits per heavy atom. The van der Waals surface area contributed by atoms with Crippen LogP contribution in [-0.4, -0.2) is 38.9 Å². The third-order valence-electron chi connectivity index (χ3n) is 5.60. The van der Waals surface area contributed by atoms with Crippen LogP contribution in [0.25, 0.3) is 0 Å². The van der Waals surface area contributed by atoms with E-state index in [1.54, 1.807) is 10.4 Å². The number of hydrogen-bond acceptors (Lipinski definition) is 4. The van der Waals surface area contributed by atoms with Crippen LogP contribution in [0.2, 0.25) is 5.02 Å². The average molecular weight is 615 g/mol. The molecule has 0 spiro atoms. The molecule has 4 rings (SSSR count). The van der Waals surface area contributed by atoms with Crippen molar-refractivity contribution >= 4 is 59.2 Å². The summed E-state index contributed by atoms with van der Waals surface area (Å²) in [5, 5.41) is 0.679. The molecule has 1 heterocycles. The lowest BCUT2D eigenvalue weighted by molar-refractivity contribution is 0.306. The minimum absolute atomic E-state index is 0.281. The molecule has 0 N–H and O–H groups in total. The molecule has 9 heteroatoms. The predicted octanol–water partition coefficient (Wildman–Crippen LogP) is 6.26. The highest BCUT2D eigenvalue weighted by Crippen LogP contribution is 2.32. The van der Waals surface area contributed by atoms with E-state index in [2.05, 4.69) is 36.8 Å². The maximum Gasteiger partial charge on any atom is 0.244 e. The Balaban J connectivity index is 1.42. The zero-order chi connectivity index (χ0) is 23.6. The number of rotatable bonds is 6. The zero-order valence-electron chi connectivity index (χ0n) is 18.0. The van der Waals surface area contributed by atoms with Crippen molar-refractivity contribution in [1.29, 1.82) is 0 Å². The summed E-state index contributed by atoms with van der Waals surface area (Å²) >= 11 is 13.1. The number of sulfonamides is 1. The average Bonchev–Trinajstić information content (AvgIpc) is 2.81. The summed E-state index contributed by atoms with van der Waals surface area (Å²) < 4.78 is 35.3. The number of anilines is 1. The van der Waals surface area contributed by atoms with Crippen molar-refractivity contribution in [2.75, 3.05) is 31.1 Å². The molecule has 1 fully saturated rings. The summed E-state index contributed by atoms with van der Waals surface area (Å²) in [7, 11) is -3.60. The van der Waals surface area contributed by atoms with Gasteiger partial charge in [-0.15, -0.1) is 0 Å². The van der Waals surface area contributed by atoms with Gasteiger partial charge in [-0.05, 0) is 58.7 Å². The normalized spacial score (nSPS) is 15.0. The molecule has 3 aromatic rings. The van der Waals surface area contributed by atoms with Gasteiger partial charge in [-0.3, -0.25) is 0 Å². The number of piperazine rings is 1. The lowest BCUT2D eigenvalue weighted by Gasteiger charge is -2.35. The second-order valence-electron chi connectivity index (χ2n) is 7.80. The number of halogens is 3. The van der Waals surface area contributed by atoms with Crippen LogP contribution < -0.4 is 9.64 Å². The predicted molar refractivity (Wildman–Crippen MR) is 140 cm³/mol. The van der Waals surface area contributed by atoms with Gasteiger partial charge in [0.1, 0.15) is 12.4 Å². The zero-order valence-corrected chi connectivity index (χ0v) is 22.7. The molecule has 0 aliphatic carbocycles. The van der Waals surface area contributed by atoms with Crippen molar-refractivity contribution in [3.63, 3.8) is 0 Å². The van der Waals surface area contributed by atoms with Gasteiger partial charge in [0, 0.05) is 57.5 Å². The smallest absolute Gasteiger partial charge is 0.244 e. The Kier molecular flexibility index (Phi) is 7.70. The van der Waals surface area contributed by atoms with Crippen LogP contribution in [0.3, 0.4) is 0 Å². The fourth-order valence-corrected chi connectivity index (χ4v) is 6.95. The highest BCUT2D eigenvalue weighted by molar-refractivity contribution is 9.11. The second kappa shape index (κ2) is 10.4. The molecule has 0 saturated carbocycles. The molecule has 0 unspecified atom stereocenters. The Bertz CT molecular complexity index is 1260. The fraction of sp³-hybridized carbons (Fsp3) is 0.250. The van der Waals surface area contributed by atoms with Gasteiger partial charge in [-0.2, -0.15) is 4.31 Å². The first kappa shape index (κ1) is 24.5. The van der Waals surface area contributed by atoms with Crippen LogP contribution in [0, 0.1) is 6.92 Å². The molecule has 1 aliphatic rings. The van der Waals surface area contributed by atoms with E-state index in [-0.39, 0.29) is 4.90 Å². The van der Waals surface area contributed by atoms with Crippen LogP contribution in [0.1, 0.15) is 11.1 Å². The Morgan fingerprint density at radius 1 is 0.939 bits per heavy atom. The topological polar surface area (TPSA) is 49.9 Å². The maximum absolute atomic E-state index is 13.2. The molecule has 0 bridgehead atoms. The quantitative estimate of drug-likeness (QED) is 0.329. The molecule has 0 amide bonds. The van der Waals surface area contributed by atoms with Gasteiger partial charge < -0.3 is 9.64 Å². The number of ether oxygens (including phenoxy) is 1. The van der Waals surface area contributed by atoms with E-state index < -0.39 is 10.0 Å². The van der Waals surface area contributed by atoms with Crippen molar-refractivity contribution in [2.24, 2.45) is 0 Å². The molecule has 1 saturated heterocycles. The molecular weight excluding hydrogens is 592 g/mol. The highest BCUT2D eigenvalue weighted by Gasteiger charge is 2.30. The Labute approximate surface area is 216 Å². The monoisotopic (exact) mass is 612 g/mol.